The average molecular weight is 504 g/mol. The summed E-state index contributed by atoms with van der Waals surface area (Å²) in [6.07, 6.45) is 5.89. The second-order valence-electron chi connectivity index (χ2n) is 7.05. The highest BCUT2D eigenvalue weighted by atomic mass is 127. The van der Waals surface area contributed by atoms with Crippen molar-refractivity contribution in [1.29, 1.82) is 0 Å². The first-order chi connectivity index (χ1) is 12.5. The quantitative estimate of drug-likeness (QED) is 0.295. The summed E-state index contributed by atoms with van der Waals surface area (Å²) in [6.45, 7) is 7.33. The van der Waals surface area contributed by atoms with Crippen molar-refractivity contribution in [2.24, 2.45) is 10.9 Å². The molecule has 1 aromatic carbocycles. The first-order valence-electron chi connectivity index (χ1n) is 9.49. The van der Waals surface area contributed by atoms with E-state index in [4.69, 9.17) is 4.99 Å². The minimum Gasteiger partial charge on any atom is -0.357 e. The Balaban J connectivity index is 0.00000364. The third-order valence-corrected chi connectivity index (χ3v) is 5.66. The van der Waals surface area contributed by atoms with Gasteiger partial charge in [0.05, 0.1) is 6.54 Å². The number of rotatable bonds is 7. The number of hydrogen-bond donors (Lipinski definition) is 3. The number of anilines is 1. The molecule has 0 saturated heterocycles. The number of thioether (sulfide) groups is 1. The molecule has 0 bridgehead atoms. The molecule has 0 aliphatic heterocycles. The van der Waals surface area contributed by atoms with E-state index in [1.807, 2.05) is 49.9 Å². The smallest absolute Gasteiger partial charge is 0.226 e. The van der Waals surface area contributed by atoms with Crippen LogP contribution in [0.5, 0.6) is 0 Å². The summed E-state index contributed by atoms with van der Waals surface area (Å²) >= 11 is 1.96. The fraction of sp³-hybridized carbons (Fsp3) is 0.600. The largest absolute Gasteiger partial charge is 0.357 e. The summed E-state index contributed by atoms with van der Waals surface area (Å²) in [7, 11) is 0. The first-order valence-corrected chi connectivity index (χ1v) is 10.8. The van der Waals surface area contributed by atoms with Crippen molar-refractivity contribution in [3.63, 3.8) is 0 Å². The molecule has 1 aromatic rings. The van der Waals surface area contributed by atoms with E-state index < -0.39 is 0 Å². The molecule has 1 amide bonds. The fourth-order valence-electron chi connectivity index (χ4n) is 2.95. The van der Waals surface area contributed by atoms with Crippen LogP contribution in [0.4, 0.5) is 5.69 Å². The maximum absolute atomic E-state index is 11.7. The number of hydrogen-bond acceptors (Lipinski definition) is 3. The molecule has 1 aliphatic carbocycles. The van der Waals surface area contributed by atoms with Gasteiger partial charge in [-0.15, -0.1) is 24.0 Å². The Morgan fingerprint density at radius 1 is 1.26 bits per heavy atom. The molecule has 2 atom stereocenters. The van der Waals surface area contributed by atoms with Crippen molar-refractivity contribution in [1.82, 2.24) is 10.6 Å². The standard InChI is InChI=1S/C20H32N4OS.HI/c1-5-21-20(24-17-10-11-18(12-17)26-4)22-13-15-6-8-16(9-7-15)23-19(25)14(2)3;/h6-9,14,17-18H,5,10-13H2,1-4H3,(H,23,25)(H2,21,22,24);1H. The Morgan fingerprint density at radius 2 is 1.96 bits per heavy atom. The normalized spacial score (nSPS) is 19.5. The zero-order chi connectivity index (χ0) is 18.9. The minimum atomic E-state index is -0.0191. The van der Waals surface area contributed by atoms with Crippen molar-refractivity contribution in [3.8, 4) is 0 Å². The molecule has 1 aliphatic rings. The van der Waals surface area contributed by atoms with Crippen LogP contribution in [0.2, 0.25) is 0 Å². The van der Waals surface area contributed by atoms with Crippen molar-refractivity contribution in [2.75, 3.05) is 18.1 Å². The van der Waals surface area contributed by atoms with Gasteiger partial charge in [-0.25, -0.2) is 4.99 Å². The van der Waals surface area contributed by atoms with Gasteiger partial charge in [0, 0.05) is 29.4 Å². The average Bonchev–Trinajstić information content (AvgIpc) is 3.08. The van der Waals surface area contributed by atoms with Crippen molar-refractivity contribution in [3.05, 3.63) is 29.8 Å². The number of carbonyl (C=O) groups is 1. The second kappa shape index (κ2) is 12.5. The molecular formula is C20H33IN4OS. The Bertz CT molecular complexity index is 607. The van der Waals surface area contributed by atoms with Gasteiger partial charge in [-0.1, -0.05) is 26.0 Å². The van der Waals surface area contributed by atoms with Crippen LogP contribution in [-0.2, 0) is 11.3 Å². The Kier molecular flexibility index (Phi) is 11.1. The highest BCUT2D eigenvalue weighted by molar-refractivity contribution is 14.0. The Morgan fingerprint density at radius 3 is 2.52 bits per heavy atom. The van der Waals surface area contributed by atoms with Crippen LogP contribution in [0.15, 0.2) is 29.3 Å². The van der Waals surface area contributed by atoms with Crippen LogP contribution >= 0.6 is 35.7 Å². The van der Waals surface area contributed by atoms with Gasteiger partial charge in [0.2, 0.25) is 5.91 Å². The van der Waals surface area contributed by atoms with Crippen LogP contribution in [0.25, 0.3) is 0 Å². The molecule has 0 heterocycles. The molecular weight excluding hydrogens is 471 g/mol. The SMILES string of the molecule is CCNC(=NCc1ccc(NC(=O)C(C)C)cc1)NC1CCC(SC)C1.I. The molecule has 7 heteroatoms. The molecule has 3 N–H and O–H groups in total. The highest BCUT2D eigenvalue weighted by Crippen LogP contribution is 2.28. The fourth-order valence-corrected chi connectivity index (χ4v) is 3.75. The number of halogens is 1. The summed E-state index contributed by atoms with van der Waals surface area (Å²) in [5.41, 5.74) is 1.95. The Labute approximate surface area is 185 Å². The zero-order valence-electron chi connectivity index (χ0n) is 16.7. The second-order valence-corrected chi connectivity index (χ2v) is 8.19. The third-order valence-electron chi connectivity index (χ3n) is 4.57. The molecule has 2 rings (SSSR count). The summed E-state index contributed by atoms with van der Waals surface area (Å²) < 4.78 is 0. The summed E-state index contributed by atoms with van der Waals surface area (Å²) in [5.74, 6) is 0.903. The van der Waals surface area contributed by atoms with E-state index in [-0.39, 0.29) is 35.8 Å². The summed E-state index contributed by atoms with van der Waals surface area (Å²) in [6, 6.07) is 8.42. The predicted molar refractivity (Wildman–Crippen MR) is 128 cm³/mol. The molecule has 5 nitrogen and oxygen atoms in total. The lowest BCUT2D eigenvalue weighted by Gasteiger charge is -2.17. The molecule has 152 valence electrons. The lowest BCUT2D eigenvalue weighted by Crippen LogP contribution is -2.42. The van der Waals surface area contributed by atoms with Gasteiger partial charge >= 0.3 is 0 Å². The maximum atomic E-state index is 11.7. The highest BCUT2D eigenvalue weighted by Gasteiger charge is 2.24. The van der Waals surface area contributed by atoms with Crippen molar-refractivity contribution in [2.45, 2.75) is 57.9 Å². The van der Waals surface area contributed by atoms with Crippen LogP contribution < -0.4 is 16.0 Å². The van der Waals surface area contributed by atoms with Gasteiger partial charge < -0.3 is 16.0 Å². The van der Waals surface area contributed by atoms with Crippen LogP contribution in [0, 0.1) is 5.92 Å². The van der Waals surface area contributed by atoms with Gasteiger partial charge in [-0.2, -0.15) is 11.8 Å². The first kappa shape index (κ1) is 24.1. The predicted octanol–water partition coefficient (Wildman–Crippen LogP) is 4.24. The van der Waals surface area contributed by atoms with Crippen LogP contribution in [0.1, 0.15) is 45.6 Å². The van der Waals surface area contributed by atoms with Gasteiger partial charge in [-0.05, 0) is 50.1 Å². The van der Waals surface area contributed by atoms with Gasteiger partial charge in [-0.3, -0.25) is 4.79 Å². The molecule has 2 unspecified atom stereocenters. The van der Waals surface area contributed by atoms with Gasteiger partial charge in [0.15, 0.2) is 5.96 Å². The van der Waals surface area contributed by atoms with E-state index in [1.165, 1.54) is 19.3 Å². The lowest BCUT2D eigenvalue weighted by atomic mass is 10.1. The summed E-state index contributed by atoms with van der Waals surface area (Å²) in [5, 5.41) is 10.6. The zero-order valence-corrected chi connectivity index (χ0v) is 19.9. The topological polar surface area (TPSA) is 65.5 Å². The number of amides is 1. The molecule has 27 heavy (non-hydrogen) atoms. The number of nitrogens with one attached hydrogen (secondary N) is 3. The molecule has 1 saturated carbocycles. The van der Waals surface area contributed by atoms with E-state index in [0.29, 0.717) is 12.6 Å². The van der Waals surface area contributed by atoms with E-state index in [2.05, 4.69) is 29.1 Å². The van der Waals surface area contributed by atoms with E-state index in [0.717, 1.165) is 29.0 Å². The minimum absolute atomic E-state index is 0. The number of benzene rings is 1. The number of carbonyl (C=O) groups excluding carboxylic acids is 1. The molecule has 0 radical (unpaired) electrons. The van der Waals surface area contributed by atoms with Gasteiger partial charge in [0.25, 0.3) is 0 Å². The van der Waals surface area contributed by atoms with E-state index in [9.17, 15) is 4.79 Å². The van der Waals surface area contributed by atoms with Crippen LogP contribution in [-0.4, -0.2) is 36.0 Å². The molecule has 0 aromatic heterocycles. The van der Waals surface area contributed by atoms with Gasteiger partial charge in [0.1, 0.15) is 0 Å². The van der Waals surface area contributed by atoms with E-state index >= 15 is 0 Å². The molecule has 1 fully saturated rings. The Hall–Kier alpha value is -0.960. The van der Waals surface area contributed by atoms with Crippen molar-refractivity contribution >= 4 is 53.3 Å². The van der Waals surface area contributed by atoms with Crippen LogP contribution in [0.3, 0.4) is 0 Å². The number of aliphatic imine (C=N–C) groups is 1. The van der Waals surface area contributed by atoms with Crippen molar-refractivity contribution < 1.29 is 4.79 Å². The number of nitrogens with zero attached hydrogens (tertiary/aromatic N) is 1. The number of guanidine groups is 1. The summed E-state index contributed by atoms with van der Waals surface area (Å²) in [4.78, 5) is 16.5. The maximum Gasteiger partial charge on any atom is 0.226 e. The molecule has 0 spiro atoms. The van der Waals surface area contributed by atoms with E-state index in [1.54, 1.807) is 0 Å². The lowest BCUT2D eigenvalue weighted by molar-refractivity contribution is -0.118. The third kappa shape index (κ3) is 8.29. The monoisotopic (exact) mass is 504 g/mol.